The molecule has 8 heteroatoms. The Labute approximate surface area is 167 Å². The summed E-state index contributed by atoms with van der Waals surface area (Å²) in [4.78, 5) is 29.9. The van der Waals surface area contributed by atoms with Crippen LogP contribution in [0.5, 0.6) is 0 Å². The van der Waals surface area contributed by atoms with Gasteiger partial charge in [-0.25, -0.2) is 0 Å². The zero-order valence-electron chi connectivity index (χ0n) is 16.2. The molecule has 0 radical (unpaired) electrons. The first-order valence-corrected chi connectivity index (χ1v) is 9.40. The van der Waals surface area contributed by atoms with Gasteiger partial charge < -0.3 is 9.42 Å². The summed E-state index contributed by atoms with van der Waals surface area (Å²) in [6.45, 7) is 4.19. The van der Waals surface area contributed by atoms with E-state index in [2.05, 4.69) is 10.1 Å². The van der Waals surface area contributed by atoms with Gasteiger partial charge in [0, 0.05) is 29.3 Å². The van der Waals surface area contributed by atoms with E-state index in [1.54, 1.807) is 24.0 Å². The lowest BCUT2D eigenvalue weighted by Crippen LogP contribution is -2.30. The number of hydrogen-bond acceptors (Lipinski definition) is 6. The molecule has 4 rings (SSSR count). The van der Waals surface area contributed by atoms with E-state index in [4.69, 9.17) is 4.52 Å². The van der Waals surface area contributed by atoms with Crippen molar-refractivity contribution in [2.45, 2.75) is 32.7 Å². The maximum Gasteiger partial charge on any atom is 0.273 e. The van der Waals surface area contributed by atoms with Gasteiger partial charge in [-0.3, -0.25) is 14.9 Å². The molecule has 1 fully saturated rings. The van der Waals surface area contributed by atoms with E-state index in [1.165, 1.54) is 6.07 Å². The monoisotopic (exact) mass is 392 g/mol. The second kappa shape index (κ2) is 7.46. The Kier molecular flexibility index (Phi) is 4.84. The van der Waals surface area contributed by atoms with Crippen LogP contribution < -0.4 is 0 Å². The van der Waals surface area contributed by atoms with Gasteiger partial charge in [0.1, 0.15) is 6.04 Å². The van der Waals surface area contributed by atoms with Crippen molar-refractivity contribution in [1.82, 2.24) is 15.0 Å². The Hall–Kier alpha value is -3.55. The van der Waals surface area contributed by atoms with Crippen LogP contribution in [0.2, 0.25) is 0 Å². The fraction of sp³-hybridized carbons (Fsp3) is 0.286. The number of likely N-dealkylation sites (tertiary alicyclic amines) is 1. The zero-order valence-corrected chi connectivity index (χ0v) is 16.2. The lowest BCUT2D eigenvalue weighted by atomic mass is 10.1. The molecule has 2 aromatic carbocycles. The molecule has 1 aromatic heterocycles. The fourth-order valence-corrected chi connectivity index (χ4v) is 3.56. The molecule has 8 nitrogen and oxygen atoms in total. The first-order chi connectivity index (χ1) is 13.9. The molecule has 0 bridgehead atoms. The van der Waals surface area contributed by atoms with Gasteiger partial charge in [0.15, 0.2) is 0 Å². The molecule has 1 aliphatic heterocycles. The molecule has 0 saturated carbocycles. The number of hydrogen-bond donors (Lipinski definition) is 0. The quantitative estimate of drug-likeness (QED) is 0.486. The number of aromatic nitrogens is 2. The standard InChI is InChI=1S/C21H20N4O4/c1-13-5-8-15(9-6-13)19-22-20(29-23-19)17-4-3-11-24(17)21(26)16-10-7-14(2)18(12-16)25(27)28/h5-10,12,17H,3-4,11H2,1-2H3/t17-/m0/s1. The number of carbonyl (C=O) groups excluding carboxylic acids is 1. The predicted octanol–water partition coefficient (Wildman–Crippen LogP) is 4.24. The second-order valence-corrected chi connectivity index (χ2v) is 7.24. The van der Waals surface area contributed by atoms with Crippen molar-refractivity contribution in [2.75, 3.05) is 6.54 Å². The minimum absolute atomic E-state index is 0.0638. The summed E-state index contributed by atoms with van der Waals surface area (Å²) in [5, 5.41) is 15.3. The Bertz CT molecular complexity index is 1070. The van der Waals surface area contributed by atoms with Crippen LogP contribution in [-0.2, 0) is 0 Å². The van der Waals surface area contributed by atoms with Crippen molar-refractivity contribution >= 4 is 11.6 Å². The third kappa shape index (κ3) is 3.61. The first kappa shape index (κ1) is 18.8. The molecule has 3 aromatic rings. The Morgan fingerprint density at radius 2 is 1.97 bits per heavy atom. The van der Waals surface area contributed by atoms with Crippen LogP contribution >= 0.6 is 0 Å². The predicted molar refractivity (Wildman–Crippen MR) is 105 cm³/mol. The fourth-order valence-electron chi connectivity index (χ4n) is 3.56. The highest BCUT2D eigenvalue weighted by Crippen LogP contribution is 2.34. The van der Waals surface area contributed by atoms with Crippen LogP contribution in [0.4, 0.5) is 5.69 Å². The highest BCUT2D eigenvalue weighted by atomic mass is 16.6. The SMILES string of the molecule is Cc1ccc(-c2noc([C@@H]3CCCN3C(=O)c3ccc(C)c([N+](=O)[O-])c3)n2)cc1. The minimum Gasteiger partial charge on any atom is -0.337 e. The van der Waals surface area contributed by atoms with Crippen LogP contribution in [0.3, 0.4) is 0 Å². The third-order valence-electron chi connectivity index (χ3n) is 5.20. The maximum absolute atomic E-state index is 13.0. The van der Waals surface area contributed by atoms with Gasteiger partial charge in [-0.05, 0) is 32.8 Å². The molecule has 1 atom stereocenters. The molecule has 0 unspecified atom stereocenters. The van der Waals surface area contributed by atoms with E-state index in [0.717, 1.165) is 17.5 Å². The van der Waals surface area contributed by atoms with E-state index < -0.39 is 4.92 Å². The zero-order chi connectivity index (χ0) is 20.5. The summed E-state index contributed by atoms with van der Waals surface area (Å²) in [6, 6.07) is 12.0. The molecule has 29 heavy (non-hydrogen) atoms. The smallest absolute Gasteiger partial charge is 0.273 e. The van der Waals surface area contributed by atoms with E-state index in [1.807, 2.05) is 31.2 Å². The minimum atomic E-state index is -0.473. The van der Waals surface area contributed by atoms with E-state index in [9.17, 15) is 14.9 Å². The largest absolute Gasteiger partial charge is 0.337 e. The molecular weight excluding hydrogens is 372 g/mol. The van der Waals surface area contributed by atoms with Crippen molar-refractivity contribution in [3.05, 3.63) is 75.2 Å². The van der Waals surface area contributed by atoms with Crippen LogP contribution in [0.15, 0.2) is 47.0 Å². The third-order valence-corrected chi connectivity index (χ3v) is 5.20. The van der Waals surface area contributed by atoms with Crippen molar-refractivity contribution < 1.29 is 14.2 Å². The summed E-state index contributed by atoms with van der Waals surface area (Å²) < 4.78 is 5.47. The van der Waals surface area contributed by atoms with Crippen LogP contribution in [0.1, 0.15) is 46.3 Å². The highest BCUT2D eigenvalue weighted by molar-refractivity contribution is 5.95. The van der Waals surface area contributed by atoms with Gasteiger partial charge in [0.05, 0.1) is 4.92 Å². The van der Waals surface area contributed by atoms with Gasteiger partial charge in [-0.15, -0.1) is 0 Å². The number of aryl methyl sites for hydroxylation is 2. The molecule has 0 spiro atoms. The van der Waals surface area contributed by atoms with Crippen molar-refractivity contribution in [1.29, 1.82) is 0 Å². The topological polar surface area (TPSA) is 102 Å². The average molecular weight is 392 g/mol. The molecule has 1 aliphatic rings. The van der Waals surface area contributed by atoms with Gasteiger partial charge in [-0.2, -0.15) is 4.98 Å². The maximum atomic E-state index is 13.0. The number of amides is 1. The molecule has 1 saturated heterocycles. The Morgan fingerprint density at radius 3 is 2.69 bits per heavy atom. The van der Waals surface area contributed by atoms with Gasteiger partial charge in [0.2, 0.25) is 11.7 Å². The number of nitrogens with zero attached hydrogens (tertiary/aromatic N) is 4. The van der Waals surface area contributed by atoms with Crippen LogP contribution in [0, 0.1) is 24.0 Å². The van der Waals surface area contributed by atoms with Crippen LogP contribution in [-0.4, -0.2) is 32.4 Å². The summed E-state index contributed by atoms with van der Waals surface area (Å²) in [6.07, 6.45) is 1.50. The number of carbonyl (C=O) groups is 1. The lowest BCUT2D eigenvalue weighted by Gasteiger charge is -2.22. The average Bonchev–Trinajstić information content (AvgIpc) is 3.37. The molecule has 0 N–H and O–H groups in total. The number of rotatable bonds is 4. The number of nitro groups is 1. The Morgan fingerprint density at radius 1 is 1.21 bits per heavy atom. The van der Waals surface area contributed by atoms with E-state index >= 15 is 0 Å². The molecule has 2 heterocycles. The van der Waals surface area contributed by atoms with E-state index in [0.29, 0.717) is 30.2 Å². The van der Waals surface area contributed by atoms with Gasteiger partial charge in [-0.1, -0.05) is 41.1 Å². The lowest BCUT2D eigenvalue weighted by molar-refractivity contribution is -0.385. The van der Waals surface area contributed by atoms with Gasteiger partial charge >= 0.3 is 0 Å². The number of benzene rings is 2. The summed E-state index contributed by atoms with van der Waals surface area (Å²) in [7, 11) is 0. The van der Waals surface area contributed by atoms with Gasteiger partial charge in [0.25, 0.3) is 11.6 Å². The normalized spacial score (nSPS) is 16.2. The van der Waals surface area contributed by atoms with Crippen molar-refractivity contribution in [3.63, 3.8) is 0 Å². The highest BCUT2D eigenvalue weighted by Gasteiger charge is 2.35. The summed E-state index contributed by atoms with van der Waals surface area (Å²) in [5.41, 5.74) is 2.72. The van der Waals surface area contributed by atoms with E-state index in [-0.39, 0.29) is 23.2 Å². The summed E-state index contributed by atoms with van der Waals surface area (Å²) in [5.74, 6) is 0.587. The molecule has 0 aliphatic carbocycles. The summed E-state index contributed by atoms with van der Waals surface area (Å²) >= 11 is 0. The molecule has 148 valence electrons. The molecular formula is C21H20N4O4. The second-order valence-electron chi connectivity index (χ2n) is 7.24. The molecule has 1 amide bonds. The number of nitro benzene ring substituents is 1. The Balaban J connectivity index is 1.60. The first-order valence-electron chi connectivity index (χ1n) is 9.40. The van der Waals surface area contributed by atoms with Crippen molar-refractivity contribution in [2.24, 2.45) is 0 Å². The van der Waals surface area contributed by atoms with Crippen molar-refractivity contribution in [3.8, 4) is 11.4 Å². The van der Waals surface area contributed by atoms with Crippen LogP contribution in [0.25, 0.3) is 11.4 Å².